The van der Waals surface area contributed by atoms with E-state index < -0.39 is 9.84 Å². The summed E-state index contributed by atoms with van der Waals surface area (Å²) in [6, 6.07) is 7.64. The zero-order valence-electron chi connectivity index (χ0n) is 11.4. The van der Waals surface area contributed by atoms with Crippen LogP contribution in [-0.2, 0) is 16.4 Å². The minimum Gasteiger partial charge on any atom is -0.399 e. The number of sulfone groups is 1. The molecule has 0 aliphatic rings. The standard InChI is InChI=1S/C14H15N3O3S/c1-21(19,20)13-7-11(6-12(15)8-13)14(18)17-9-10-2-4-16-5-3-10/h2-8H,9,15H2,1H3,(H,17,18). The van der Waals surface area contributed by atoms with Gasteiger partial charge >= 0.3 is 0 Å². The molecule has 0 bridgehead atoms. The fourth-order valence-electron chi connectivity index (χ4n) is 1.75. The summed E-state index contributed by atoms with van der Waals surface area (Å²) in [5, 5.41) is 2.70. The van der Waals surface area contributed by atoms with Gasteiger partial charge in [-0.3, -0.25) is 9.78 Å². The molecule has 21 heavy (non-hydrogen) atoms. The second-order valence-corrected chi connectivity index (χ2v) is 6.62. The average molecular weight is 305 g/mol. The van der Waals surface area contributed by atoms with E-state index >= 15 is 0 Å². The van der Waals surface area contributed by atoms with Crippen LogP contribution in [0.25, 0.3) is 0 Å². The second kappa shape index (κ2) is 5.92. The molecule has 0 saturated carbocycles. The number of nitrogens with zero attached hydrogens (tertiary/aromatic N) is 1. The molecule has 7 heteroatoms. The summed E-state index contributed by atoms with van der Waals surface area (Å²) in [6.45, 7) is 0.324. The van der Waals surface area contributed by atoms with Crippen LogP contribution in [0.5, 0.6) is 0 Å². The summed E-state index contributed by atoms with van der Waals surface area (Å²) in [5.41, 5.74) is 6.98. The van der Waals surface area contributed by atoms with Crippen molar-refractivity contribution in [2.45, 2.75) is 11.4 Å². The van der Waals surface area contributed by atoms with E-state index in [-0.39, 0.29) is 22.1 Å². The number of carbonyl (C=O) groups excluding carboxylic acids is 1. The van der Waals surface area contributed by atoms with Gasteiger partial charge in [0.1, 0.15) is 0 Å². The van der Waals surface area contributed by atoms with Gasteiger partial charge in [0.05, 0.1) is 4.90 Å². The first-order valence-electron chi connectivity index (χ1n) is 6.14. The Labute approximate surface area is 122 Å². The van der Waals surface area contributed by atoms with Crippen LogP contribution in [0, 0.1) is 0 Å². The summed E-state index contributed by atoms with van der Waals surface area (Å²) in [4.78, 5) is 16.0. The lowest BCUT2D eigenvalue weighted by molar-refractivity contribution is 0.0950. The van der Waals surface area contributed by atoms with Crippen molar-refractivity contribution in [1.82, 2.24) is 10.3 Å². The summed E-state index contributed by atoms with van der Waals surface area (Å²) < 4.78 is 23.1. The first kappa shape index (κ1) is 15.0. The number of nitrogen functional groups attached to an aromatic ring is 1. The molecule has 0 fully saturated rings. The van der Waals surface area contributed by atoms with E-state index in [1.165, 1.54) is 18.2 Å². The number of pyridine rings is 1. The lowest BCUT2D eigenvalue weighted by Gasteiger charge is -2.08. The number of anilines is 1. The topological polar surface area (TPSA) is 102 Å². The van der Waals surface area contributed by atoms with Crippen molar-refractivity contribution >= 4 is 21.4 Å². The fourth-order valence-corrected chi connectivity index (χ4v) is 2.44. The van der Waals surface area contributed by atoms with Gasteiger partial charge in [0.25, 0.3) is 5.91 Å². The molecule has 110 valence electrons. The number of hydrogen-bond acceptors (Lipinski definition) is 5. The van der Waals surface area contributed by atoms with E-state index in [1.54, 1.807) is 24.5 Å². The highest BCUT2D eigenvalue weighted by atomic mass is 32.2. The van der Waals surface area contributed by atoms with Crippen molar-refractivity contribution in [3.05, 3.63) is 53.9 Å². The van der Waals surface area contributed by atoms with Gasteiger partial charge in [-0.25, -0.2) is 8.42 Å². The smallest absolute Gasteiger partial charge is 0.251 e. The van der Waals surface area contributed by atoms with Crippen LogP contribution in [-0.4, -0.2) is 25.6 Å². The van der Waals surface area contributed by atoms with Crippen molar-refractivity contribution in [3.8, 4) is 0 Å². The molecule has 0 radical (unpaired) electrons. The number of benzene rings is 1. The number of nitrogens with two attached hydrogens (primary N) is 1. The van der Waals surface area contributed by atoms with Crippen LogP contribution in [0.15, 0.2) is 47.6 Å². The van der Waals surface area contributed by atoms with Crippen molar-refractivity contribution in [2.24, 2.45) is 0 Å². The van der Waals surface area contributed by atoms with E-state index in [0.29, 0.717) is 6.54 Å². The van der Waals surface area contributed by atoms with E-state index in [2.05, 4.69) is 10.3 Å². The van der Waals surface area contributed by atoms with Crippen LogP contribution in [0.1, 0.15) is 15.9 Å². The summed E-state index contributed by atoms with van der Waals surface area (Å²) in [5.74, 6) is -0.385. The zero-order valence-corrected chi connectivity index (χ0v) is 12.2. The van der Waals surface area contributed by atoms with Gasteiger partial charge in [0, 0.05) is 36.4 Å². The highest BCUT2D eigenvalue weighted by molar-refractivity contribution is 7.90. The van der Waals surface area contributed by atoms with Gasteiger partial charge in [0.2, 0.25) is 0 Å². The predicted octanol–water partition coefficient (Wildman–Crippen LogP) is 0.997. The quantitative estimate of drug-likeness (QED) is 0.820. The second-order valence-electron chi connectivity index (χ2n) is 4.60. The van der Waals surface area contributed by atoms with E-state index in [1.807, 2.05) is 0 Å². The fraction of sp³-hybridized carbons (Fsp3) is 0.143. The van der Waals surface area contributed by atoms with Crippen LogP contribution >= 0.6 is 0 Å². The maximum atomic E-state index is 12.1. The Hall–Kier alpha value is -2.41. The largest absolute Gasteiger partial charge is 0.399 e. The molecule has 6 nitrogen and oxygen atoms in total. The van der Waals surface area contributed by atoms with E-state index in [0.717, 1.165) is 11.8 Å². The molecular weight excluding hydrogens is 290 g/mol. The van der Waals surface area contributed by atoms with Crippen molar-refractivity contribution in [2.75, 3.05) is 12.0 Å². The number of carbonyl (C=O) groups is 1. The Bertz CT molecular complexity index is 758. The minimum atomic E-state index is -3.42. The molecule has 0 saturated heterocycles. The lowest BCUT2D eigenvalue weighted by Crippen LogP contribution is -2.23. The van der Waals surface area contributed by atoms with Crippen LogP contribution in [0.2, 0.25) is 0 Å². The average Bonchev–Trinajstić information content (AvgIpc) is 2.44. The summed E-state index contributed by atoms with van der Waals surface area (Å²) in [7, 11) is -3.42. The number of amides is 1. The minimum absolute atomic E-state index is 0.0246. The summed E-state index contributed by atoms with van der Waals surface area (Å²) >= 11 is 0. The Kier molecular flexibility index (Phi) is 4.23. The molecule has 2 aromatic rings. The molecule has 1 aromatic heterocycles. The number of nitrogens with one attached hydrogen (secondary N) is 1. The molecule has 0 unspecified atom stereocenters. The third-order valence-corrected chi connectivity index (χ3v) is 3.91. The molecule has 0 atom stereocenters. The predicted molar refractivity (Wildman–Crippen MR) is 79.4 cm³/mol. The van der Waals surface area contributed by atoms with Crippen molar-refractivity contribution in [1.29, 1.82) is 0 Å². The molecule has 3 N–H and O–H groups in total. The first-order valence-corrected chi connectivity index (χ1v) is 8.03. The van der Waals surface area contributed by atoms with E-state index in [4.69, 9.17) is 5.73 Å². The molecule has 1 aromatic carbocycles. The Morgan fingerprint density at radius 3 is 2.52 bits per heavy atom. The SMILES string of the molecule is CS(=O)(=O)c1cc(N)cc(C(=O)NCc2ccncc2)c1. The van der Waals surface area contributed by atoms with Gasteiger partial charge in [-0.1, -0.05) is 0 Å². The van der Waals surface area contributed by atoms with Gasteiger partial charge in [-0.2, -0.15) is 0 Å². The molecule has 2 rings (SSSR count). The monoisotopic (exact) mass is 305 g/mol. The third kappa shape index (κ3) is 4.03. The number of rotatable bonds is 4. The number of hydrogen-bond donors (Lipinski definition) is 2. The normalized spacial score (nSPS) is 11.1. The van der Waals surface area contributed by atoms with Crippen molar-refractivity contribution in [3.63, 3.8) is 0 Å². The first-order chi connectivity index (χ1) is 9.86. The van der Waals surface area contributed by atoms with Crippen LogP contribution in [0.4, 0.5) is 5.69 Å². The Balaban J connectivity index is 2.18. The molecule has 1 heterocycles. The molecular formula is C14H15N3O3S. The lowest BCUT2D eigenvalue weighted by atomic mass is 10.2. The van der Waals surface area contributed by atoms with Crippen molar-refractivity contribution < 1.29 is 13.2 Å². The molecule has 1 amide bonds. The number of aromatic nitrogens is 1. The maximum Gasteiger partial charge on any atom is 0.251 e. The molecule has 0 spiro atoms. The van der Waals surface area contributed by atoms with Gasteiger partial charge in [-0.05, 0) is 35.9 Å². The maximum absolute atomic E-state index is 12.1. The zero-order chi connectivity index (χ0) is 15.5. The Morgan fingerprint density at radius 2 is 1.90 bits per heavy atom. The third-order valence-electron chi connectivity index (χ3n) is 2.82. The summed E-state index contributed by atoms with van der Waals surface area (Å²) in [6.07, 6.45) is 4.33. The van der Waals surface area contributed by atoms with Gasteiger partial charge < -0.3 is 11.1 Å². The van der Waals surface area contributed by atoms with Crippen LogP contribution in [0.3, 0.4) is 0 Å². The highest BCUT2D eigenvalue weighted by Crippen LogP contribution is 2.17. The van der Waals surface area contributed by atoms with Gasteiger partial charge in [-0.15, -0.1) is 0 Å². The Morgan fingerprint density at radius 1 is 1.24 bits per heavy atom. The molecule has 0 aliphatic carbocycles. The van der Waals surface area contributed by atoms with Crippen LogP contribution < -0.4 is 11.1 Å². The highest BCUT2D eigenvalue weighted by Gasteiger charge is 2.13. The molecule has 0 aliphatic heterocycles. The van der Waals surface area contributed by atoms with E-state index in [9.17, 15) is 13.2 Å². The van der Waals surface area contributed by atoms with Gasteiger partial charge in [0.15, 0.2) is 9.84 Å².